The second-order valence-corrected chi connectivity index (χ2v) is 7.49. The largest absolute Gasteiger partial charge is 0.481 e. The van der Waals surface area contributed by atoms with Crippen molar-refractivity contribution in [3.8, 4) is 0 Å². The number of aliphatic carboxylic acids is 1. The maximum atomic E-state index is 11.8. The number of hydrogen-bond acceptors (Lipinski definition) is 4. The molecular weight excluding hydrogens is 280 g/mol. The van der Waals surface area contributed by atoms with Crippen LogP contribution in [0.1, 0.15) is 24.0 Å². The Morgan fingerprint density at radius 2 is 1.85 bits per heavy atom. The lowest BCUT2D eigenvalue weighted by atomic mass is 9.99. The Morgan fingerprint density at radius 1 is 1.30 bits per heavy atom. The number of rotatable bonds is 5. The lowest BCUT2D eigenvalue weighted by Crippen LogP contribution is -2.27. The maximum Gasteiger partial charge on any atom is 0.314 e. The predicted octanol–water partition coefficient (Wildman–Crippen LogP) is 0.823. The zero-order valence-electron chi connectivity index (χ0n) is 11.4. The smallest absolute Gasteiger partial charge is 0.314 e. The van der Waals surface area contributed by atoms with Gasteiger partial charge in [-0.1, -0.05) is 31.2 Å². The zero-order valence-corrected chi connectivity index (χ0v) is 12.2. The van der Waals surface area contributed by atoms with Crippen LogP contribution >= 0.6 is 0 Å². The molecule has 1 saturated carbocycles. The molecule has 2 rings (SSSR count). The molecule has 0 aliphatic heterocycles. The first-order chi connectivity index (χ1) is 9.29. The molecule has 1 aliphatic rings. The maximum absolute atomic E-state index is 11.8. The molecule has 0 bridgehead atoms. The first kappa shape index (κ1) is 15.0. The van der Waals surface area contributed by atoms with Gasteiger partial charge in [-0.3, -0.25) is 4.79 Å². The number of sulfone groups is 1. The number of benzene rings is 1. The molecule has 0 spiro atoms. The van der Waals surface area contributed by atoms with Crippen LogP contribution in [0.3, 0.4) is 0 Å². The van der Waals surface area contributed by atoms with Crippen LogP contribution in [0.15, 0.2) is 24.3 Å². The van der Waals surface area contributed by atoms with Crippen molar-refractivity contribution >= 4 is 15.8 Å². The molecule has 1 aliphatic carbocycles. The summed E-state index contributed by atoms with van der Waals surface area (Å²) < 4.78 is 23.6. The molecule has 0 aromatic heterocycles. The first-order valence-corrected chi connectivity index (χ1v) is 8.36. The zero-order chi connectivity index (χ0) is 15.1. The van der Waals surface area contributed by atoms with Crippen LogP contribution in [-0.2, 0) is 21.1 Å². The molecule has 20 heavy (non-hydrogen) atoms. The second-order valence-electron chi connectivity index (χ2n) is 5.33. The summed E-state index contributed by atoms with van der Waals surface area (Å²) >= 11 is 0. The molecule has 1 fully saturated rings. The van der Waals surface area contributed by atoms with Gasteiger partial charge >= 0.3 is 5.97 Å². The van der Waals surface area contributed by atoms with Crippen molar-refractivity contribution in [1.29, 1.82) is 0 Å². The van der Waals surface area contributed by atoms with Crippen LogP contribution in [0, 0.1) is 5.41 Å². The molecule has 1 aromatic rings. The van der Waals surface area contributed by atoms with E-state index in [-0.39, 0.29) is 0 Å². The predicted molar refractivity (Wildman–Crippen MR) is 74.3 cm³/mol. The van der Waals surface area contributed by atoms with Crippen LogP contribution in [0.4, 0.5) is 0 Å². The third kappa shape index (κ3) is 2.13. The average molecular weight is 298 g/mol. The minimum absolute atomic E-state index is 0.647. The van der Waals surface area contributed by atoms with Gasteiger partial charge in [0.15, 0.2) is 9.84 Å². The van der Waals surface area contributed by atoms with E-state index >= 15 is 0 Å². The molecule has 3 atom stereocenters. The number of hydrogen-bond donors (Lipinski definition) is 2. The van der Waals surface area contributed by atoms with Crippen molar-refractivity contribution in [3.63, 3.8) is 0 Å². The van der Waals surface area contributed by atoms with E-state index in [4.69, 9.17) is 0 Å². The number of aliphatic hydroxyl groups excluding tert-OH is 1. The Balaban J connectivity index is 2.46. The van der Waals surface area contributed by atoms with Gasteiger partial charge < -0.3 is 10.2 Å². The van der Waals surface area contributed by atoms with Crippen molar-refractivity contribution < 1.29 is 23.4 Å². The highest BCUT2D eigenvalue weighted by molar-refractivity contribution is 7.91. The van der Waals surface area contributed by atoms with Gasteiger partial charge in [-0.15, -0.1) is 0 Å². The molecular formula is C14H18O5S. The third-order valence-corrected chi connectivity index (χ3v) is 5.74. The lowest BCUT2D eigenvalue weighted by Gasteiger charge is -2.08. The molecule has 5 nitrogen and oxygen atoms in total. The van der Waals surface area contributed by atoms with Gasteiger partial charge in [0.05, 0.1) is 11.9 Å². The summed E-state index contributed by atoms with van der Waals surface area (Å²) in [5.74, 6) is -1.95. The van der Waals surface area contributed by atoms with Crippen LogP contribution in [0.2, 0.25) is 0 Å². The van der Waals surface area contributed by atoms with E-state index < -0.39 is 39.0 Å². The fourth-order valence-corrected chi connectivity index (χ4v) is 4.88. The third-order valence-electron chi connectivity index (χ3n) is 4.12. The minimum Gasteiger partial charge on any atom is -0.481 e. The van der Waals surface area contributed by atoms with Crippen LogP contribution in [0.5, 0.6) is 0 Å². The van der Waals surface area contributed by atoms with Crippen molar-refractivity contribution in [1.82, 2.24) is 0 Å². The highest BCUT2D eigenvalue weighted by atomic mass is 32.2. The molecule has 0 radical (unpaired) electrons. The van der Waals surface area contributed by atoms with Crippen LogP contribution < -0.4 is 0 Å². The number of aryl methyl sites for hydroxylation is 1. The van der Waals surface area contributed by atoms with Crippen LogP contribution in [0.25, 0.3) is 0 Å². The number of carbonyl (C=O) groups is 1. The Bertz CT molecular complexity index is 619. The lowest BCUT2D eigenvalue weighted by molar-refractivity contribution is -0.145. The van der Waals surface area contributed by atoms with Gasteiger partial charge in [0.1, 0.15) is 5.41 Å². The monoisotopic (exact) mass is 298 g/mol. The van der Waals surface area contributed by atoms with Gasteiger partial charge in [0.2, 0.25) is 0 Å². The molecule has 1 aromatic carbocycles. The summed E-state index contributed by atoms with van der Waals surface area (Å²) in [5, 5.41) is 17.7. The summed E-state index contributed by atoms with van der Waals surface area (Å²) in [6.07, 6.45) is 1.87. The summed E-state index contributed by atoms with van der Waals surface area (Å²) in [4.78, 5) is 11.5. The Morgan fingerprint density at radius 3 is 2.15 bits per heavy atom. The Hall–Kier alpha value is -1.40. The fourth-order valence-electron chi connectivity index (χ4n) is 2.98. The summed E-state index contributed by atoms with van der Waals surface area (Å²) in [5.41, 5.74) is 0.130. The van der Waals surface area contributed by atoms with E-state index in [2.05, 4.69) is 0 Å². The molecule has 0 amide bonds. The van der Waals surface area contributed by atoms with Crippen molar-refractivity contribution in [3.05, 3.63) is 35.4 Å². The normalized spacial score (nSPS) is 29.1. The van der Waals surface area contributed by atoms with Crippen LogP contribution in [-0.4, -0.2) is 42.7 Å². The van der Waals surface area contributed by atoms with Gasteiger partial charge in [0.25, 0.3) is 0 Å². The second kappa shape index (κ2) is 4.86. The standard InChI is InChI=1S/C14H18O5S/c1-3-9-4-6-10(7-5-9)11-12(20(2,18)19)14(11,8-15)13(16)17/h4-7,11-12,15H,3,8H2,1-2H3,(H,16,17)/t11-,12-,14-/m0/s1. The molecule has 0 unspecified atom stereocenters. The van der Waals surface area contributed by atoms with E-state index in [9.17, 15) is 23.4 Å². The van der Waals surface area contributed by atoms with Crippen molar-refractivity contribution in [2.45, 2.75) is 24.5 Å². The quantitative estimate of drug-likeness (QED) is 0.840. The average Bonchev–Trinajstić information content (AvgIpc) is 3.09. The highest BCUT2D eigenvalue weighted by Gasteiger charge is 2.74. The first-order valence-electron chi connectivity index (χ1n) is 6.41. The van der Waals surface area contributed by atoms with Crippen molar-refractivity contribution in [2.75, 3.05) is 12.9 Å². The number of carboxylic acid groups (broad SMARTS) is 1. The fraction of sp³-hybridized carbons (Fsp3) is 0.500. The van der Waals surface area contributed by atoms with E-state index in [0.717, 1.165) is 18.2 Å². The summed E-state index contributed by atoms with van der Waals surface area (Å²) in [6.45, 7) is 1.32. The topological polar surface area (TPSA) is 91.7 Å². The van der Waals surface area contributed by atoms with Gasteiger partial charge in [-0.05, 0) is 17.5 Å². The minimum atomic E-state index is -3.55. The molecule has 0 heterocycles. The van der Waals surface area contributed by atoms with Gasteiger partial charge in [0, 0.05) is 12.2 Å². The van der Waals surface area contributed by atoms with Gasteiger partial charge in [-0.25, -0.2) is 8.42 Å². The van der Waals surface area contributed by atoms with Crippen molar-refractivity contribution in [2.24, 2.45) is 5.41 Å². The summed E-state index contributed by atoms with van der Waals surface area (Å²) in [7, 11) is -3.55. The molecule has 6 heteroatoms. The number of aliphatic hydroxyl groups is 1. The van der Waals surface area contributed by atoms with E-state index in [0.29, 0.717) is 5.56 Å². The SMILES string of the molecule is CCc1ccc([C@H]2[C@H](S(C)(=O)=O)[C@@]2(CO)C(=O)O)cc1. The molecule has 2 N–H and O–H groups in total. The molecule has 110 valence electrons. The van der Waals surface area contributed by atoms with E-state index in [1.54, 1.807) is 12.1 Å². The number of carboxylic acids is 1. The Kier molecular flexibility index (Phi) is 3.64. The van der Waals surface area contributed by atoms with Gasteiger partial charge in [-0.2, -0.15) is 0 Å². The van der Waals surface area contributed by atoms with E-state index in [1.807, 2.05) is 19.1 Å². The van der Waals surface area contributed by atoms with E-state index in [1.165, 1.54) is 0 Å². The highest BCUT2D eigenvalue weighted by Crippen LogP contribution is 2.62. The Labute approximate surface area is 118 Å². The molecule has 0 saturated heterocycles. The summed E-state index contributed by atoms with van der Waals surface area (Å²) in [6, 6.07) is 7.22.